The van der Waals surface area contributed by atoms with Crippen molar-refractivity contribution in [3.05, 3.63) is 11.6 Å². The van der Waals surface area contributed by atoms with Crippen molar-refractivity contribution in [3.8, 4) is 0 Å². The van der Waals surface area contributed by atoms with E-state index in [1.165, 1.54) is 0 Å². The lowest BCUT2D eigenvalue weighted by Crippen LogP contribution is -2.20. The van der Waals surface area contributed by atoms with Gasteiger partial charge < -0.3 is 15.5 Å². The van der Waals surface area contributed by atoms with Crippen molar-refractivity contribution in [2.45, 2.75) is 45.4 Å². The number of hydrogen-bond acceptors (Lipinski definition) is 5. The molecule has 102 valence electrons. The third kappa shape index (κ3) is 3.07. The molecule has 0 bridgehead atoms. The molecule has 0 spiro atoms. The minimum absolute atomic E-state index is 0.0416. The molecular formula is C12H22N4O2. The van der Waals surface area contributed by atoms with Crippen LogP contribution in [0.1, 0.15) is 38.0 Å². The summed E-state index contributed by atoms with van der Waals surface area (Å²) in [4.78, 5) is 4.55. The maximum atomic E-state index is 9.56. The van der Waals surface area contributed by atoms with Gasteiger partial charge in [-0.05, 0) is 12.3 Å². The minimum atomic E-state index is -0.317. The van der Waals surface area contributed by atoms with E-state index in [4.69, 9.17) is 5.11 Å². The minimum Gasteiger partial charge on any atom is -0.394 e. The van der Waals surface area contributed by atoms with E-state index in [0.29, 0.717) is 25.4 Å². The second-order valence-corrected chi connectivity index (χ2v) is 5.28. The summed E-state index contributed by atoms with van der Waals surface area (Å²) in [5.74, 6) is 2.15. The second-order valence-electron chi connectivity index (χ2n) is 5.28. The normalized spacial score (nSPS) is 24.1. The summed E-state index contributed by atoms with van der Waals surface area (Å²) in [5, 5.41) is 26.3. The maximum absolute atomic E-state index is 9.56. The van der Waals surface area contributed by atoms with Gasteiger partial charge >= 0.3 is 0 Å². The molecule has 1 aromatic rings. The molecule has 0 saturated carbocycles. The van der Waals surface area contributed by atoms with Crippen molar-refractivity contribution in [1.82, 2.24) is 20.1 Å². The molecule has 2 heterocycles. The van der Waals surface area contributed by atoms with Gasteiger partial charge in [0.2, 0.25) is 0 Å². The van der Waals surface area contributed by atoms with E-state index < -0.39 is 0 Å². The Labute approximate surface area is 107 Å². The molecule has 1 saturated heterocycles. The van der Waals surface area contributed by atoms with Crippen molar-refractivity contribution in [2.75, 3.05) is 13.2 Å². The fourth-order valence-electron chi connectivity index (χ4n) is 2.29. The van der Waals surface area contributed by atoms with E-state index >= 15 is 0 Å². The van der Waals surface area contributed by atoms with Crippen LogP contribution < -0.4 is 5.32 Å². The fourth-order valence-corrected chi connectivity index (χ4v) is 2.29. The number of aromatic nitrogens is 3. The Balaban J connectivity index is 2.18. The first-order valence-electron chi connectivity index (χ1n) is 6.56. The number of nitrogens with zero attached hydrogens (tertiary/aromatic N) is 3. The van der Waals surface area contributed by atoms with Crippen LogP contribution in [-0.4, -0.2) is 44.2 Å². The Hall–Kier alpha value is -0.980. The van der Waals surface area contributed by atoms with E-state index in [-0.39, 0.29) is 18.8 Å². The molecular weight excluding hydrogens is 232 g/mol. The van der Waals surface area contributed by atoms with Gasteiger partial charge in [0.05, 0.1) is 25.3 Å². The van der Waals surface area contributed by atoms with Gasteiger partial charge in [-0.25, -0.2) is 9.67 Å². The third-order valence-electron chi connectivity index (χ3n) is 3.07. The van der Waals surface area contributed by atoms with Crippen LogP contribution in [0.25, 0.3) is 0 Å². The van der Waals surface area contributed by atoms with Crippen LogP contribution in [-0.2, 0) is 13.0 Å². The summed E-state index contributed by atoms with van der Waals surface area (Å²) >= 11 is 0. The molecule has 2 atom stereocenters. The number of rotatable bonds is 5. The third-order valence-corrected chi connectivity index (χ3v) is 3.07. The van der Waals surface area contributed by atoms with Gasteiger partial charge in [-0.1, -0.05) is 13.8 Å². The highest BCUT2D eigenvalue weighted by atomic mass is 16.3. The van der Waals surface area contributed by atoms with Gasteiger partial charge in [0.25, 0.3) is 0 Å². The zero-order valence-corrected chi connectivity index (χ0v) is 11.0. The molecule has 0 radical (unpaired) electrons. The first kappa shape index (κ1) is 13.5. The zero-order chi connectivity index (χ0) is 13.1. The molecule has 1 aliphatic heterocycles. The first-order valence-corrected chi connectivity index (χ1v) is 6.56. The number of aliphatic hydroxyl groups excluding tert-OH is 2. The standard InChI is InChI=1S/C12H22N4O2/c1-8(2)5-11-14-12(16(15-11)3-4-17)10-6-9(18)7-13-10/h8-10,13,17-18H,3-7H2,1-2H3/t9-,10+/m1/s1. The van der Waals surface area contributed by atoms with Gasteiger partial charge in [-0.15, -0.1) is 0 Å². The summed E-state index contributed by atoms with van der Waals surface area (Å²) in [6, 6.07) is 0.0416. The van der Waals surface area contributed by atoms with Crippen LogP contribution in [0.3, 0.4) is 0 Å². The van der Waals surface area contributed by atoms with Crippen LogP contribution in [0.15, 0.2) is 0 Å². The van der Waals surface area contributed by atoms with Gasteiger partial charge in [0.15, 0.2) is 5.82 Å². The fraction of sp³-hybridized carbons (Fsp3) is 0.833. The van der Waals surface area contributed by atoms with E-state index in [1.807, 2.05) is 0 Å². The van der Waals surface area contributed by atoms with Crippen molar-refractivity contribution in [3.63, 3.8) is 0 Å². The van der Waals surface area contributed by atoms with Crippen LogP contribution in [0.5, 0.6) is 0 Å². The Morgan fingerprint density at radius 2 is 2.28 bits per heavy atom. The highest BCUT2D eigenvalue weighted by Gasteiger charge is 2.28. The lowest BCUT2D eigenvalue weighted by atomic mass is 10.1. The first-order chi connectivity index (χ1) is 8.60. The molecule has 1 fully saturated rings. The summed E-state index contributed by atoms with van der Waals surface area (Å²) < 4.78 is 1.76. The Kier molecular flexibility index (Phi) is 4.31. The van der Waals surface area contributed by atoms with Gasteiger partial charge in [0, 0.05) is 13.0 Å². The van der Waals surface area contributed by atoms with Crippen LogP contribution >= 0.6 is 0 Å². The lowest BCUT2D eigenvalue weighted by Gasteiger charge is -2.10. The van der Waals surface area contributed by atoms with Crippen LogP contribution in [0, 0.1) is 5.92 Å². The monoisotopic (exact) mass is 254 g/mol. The Bertz CT molecular complexity index is 391. The highest BCUT2D eigenvalue weighted by molar-refractivity contribution is 5.03. The zero-order valence-electron chi connectivity index (χ0n) is 11.0. The molecule has 0 aliphatic carbocycles. The average Bonchev–Trinajstić information content (AvgIpc) is 2.85. The number of nitrogens with one attached hydrogen (secondary N) is 1. The SMILES string of the molecule is CC(C)Cc1nc([C@@H]2C[C@@H](O)CN2)n(CCO)n1. The van der Waals surface area contributed by atoms with Gasteiger partial charge in [0.1, 0.15) is 5.82 Å². The predicted octanol–water partition coefficient (Wildman–Crippen LogP) is -0.136. The molecule has 0 aromatic carbocycles. The predicted molar refractivity (Wildman–Crippen MR) is 67.0 cm³/mol. The van der Waals surface area contributed by atoms with Crippen molar-refractivity contribution < 1.29 is 10.2 Å². The highest BCUT2D eigenvalue weighted by Crippen LogP contribution is 2.22. The molecule has 18 heavy (non-hydrogen) atoms. The van der Waals surface area contributed by atoms with E-state index in [9.17, 15) is 5.11 Å². The second kappa shape index (κ2) is 5.77. The van der Waals surface area contributed by atoms with Crippen molar-refractivity contribution in [2.24, 2.45) is 5.92 Å². The van der Waals surface area contributed by atoms with Crippen molar-refractivity contribution >= 4 is 0 Å². The van der Waals surface area contributed by atoms with Crippen LogP contribution in [0.2, 0.25) is 0 Å². The molecule has 0 unspecified atom stereocenters. The molecule has 6 heteroatoms. The summed E-state index contributed by atoms with van der Waals surface area (Å²) in [6.45, 7) is 5.35. The largest absolute Gasteiger partial charge is 0.394 e. The van der Waals surface area contributed by atoms with E-state index in [2.05, 4.69) is 29.2 Å². The summed E-state index contributed by atoms with van der Waals surface area (Å²) in [6.07, 6.45) is 1.18. The number of aliphatic hydroxyl groups is 2. The number of β-amino-alcohol motifs (C(OH)–C–C–N with tert-alkyl or cyclic N) is 1. The van der Waals surface area contributed by atoms with Gasteiger partial charge in [-0.2, -0.15) is 5.10 Å². The number of hydrogen-bond donors (Lipinski definition) is 3. The molecule has 2 rings (SSSR count). The van der Waals surface area contributed by atoms with Crippen molar-refractivity contribution in [1.29, 1.82) is 0 Å². The summed E-state index contributed by atoms with van der Waals surface area (Å²) in [7, 11) is 0. The molecule has 6 nitrogen and oxygen atoms in total. The topological polar surface area (TPSA) is 83.2 Å². The molecule has 3 N–H and O–H groups in total. The Morgan fingerprint density at radius 1 is 1.50 bits per heavy atom. The van der Waals surface area contributed by atoms with Crippen LogP contribution in [0.4, 0.5) is 0 Å². The Morgan fingerprint density at radius 3 is 2.83 bits per heavy atom. The quantitative estimate of drug-likeness (QED) is 0.681. The van der Waals surface area contributed by atoms with E-state index in [0.717, 1.165) is 18.1 Å². The molecule has 1 aliphatic rings. The van der Waals surface area contributed by atoms with E-state index in [1.54, 1.807) is 4.68 Å². The summed E-state index contributed by atoms with van der Waals surface area (Å²) in [5.41, 5.74) is 0. The van der Waals surface area contributed by atoms with Gasteiger partial charge in [-0.3, -0.25) is 0 Å². The maximum Gasteiger partial charge on any atom is 0.151 e. The smallest absolute Gasteiger partial charge is 0.151 e. The molecule has 1 aromatic heterocycles. The average molecular weight is 254 g/mol. The lowest BCUT2D eigenvalue weighted by molar-refractivity contribution is 0.192. The molecule has 0 amide bonds.